The first-order valence-corrected chi connectivity index (χ1v) is 7.21. The van der Waals surface area contributed by atoms with Crippen LogP contribution in [0.25, 0.3) is 0 Å². The average Bonchev–Trinajstić information content (AvgIpc) is 2.48. The Balaban J connectivity index is 2.75. The summed E-state index contributed by atoms with van der Waals surface area (Å²) in [4.78, 5) is 0.0297. The van der Waals surface area contributed by atoms with Crippen molar-refractivity contribution in [3.63, 3.8) is 0 Å². The normalized spacial score (nSPS) is 13.8. The van der Waals surface area contributed by atoms with E-state index in [1.54, 1.807) is 20.9 Å². The number of aliphatic hydroxyl groups excluding tert-OH is 1. The lowest BCUT2D eigenvalue weighted by Gasteiger charge is -2.07. The maximum absolute atomic E-state index is 12.0. The van der Waals surface area contributed by atoms with Crippen LogP contribution in [0.4, 0.5) is 5.82 Å². The summed E-state index contributed by atoms with van der Waals surface area (Å²) in [6.45, 7) is 3.58. The van der Waals surface area contributed by atoms with E-state index >= 15 is 0 Å². The van der Waals surface area contributed by atoms with Crippen LogP contribution in [0.1, 0.15) is 25.5 Å². The van der Waals surface area contributed by atoms with Crippen molar-refractivity contribution < 1.29 is 13.5 Å². The number of nitrogen functional groups attached to an aromatic ring is 1. The van der Waals surface area contributed by atoms with E-state index < -0.39 is 16.1 Å². The number of sulfonamides is 1. The van der Waals surface area contributed by atoms with Crippen molar-refractivity contribution in [2.75, 3.05) is 12.3 Å². The molecule has 0 spiro atoms. The predicted molar refractivity (Wildman–Crippen MR) is 68.5 cm³/mol. The van der Waals surface area contributed by atoms with Gasteiger partial charge in [0.25, 0.3) is 0 Å². The van der Waals surface area contributed by atoms with Gasteiger partial charge in [0, 0.05) is 13.6 Å². The highest BCUT2D eigenvalue weighted by molar-refractivity contribution is 7.89. The Morgan fingerprint density at radius 2 is 2.17 bits per heavy atom. The molecule has 1 aromatic heterocycles. The van der Waals surface area contributed by atoms with E-state index in [4.69, 9.17) is 10.8 Å². The van der Waals surface area contributed by atoms with Crippen LogP contribution >= 0.6 is 0 Å². The number of nitrogens with zero attached hydrogens (tertiary/aromatic N) is 2. The van der Waals surface area contributed by atoms with E-state index in [0.29, 0.717) is 18.5 Å². The summed E-state index contributed by atoms with van der Waals surface area (Å²) in [5.41, 5.74) is 6.09. The van der Waals surface area contributed by atoms with E-state index in [2.05, 4.69) is 9.82 Å². The number of hydrogen-bond donors (Lipinski definition) is 3. The number of aliphatic hydroxyl groups is 1. The number of nitrogens with two attached hydrogens (primary N) is 1. The molecule has 1 aromatic rings. The minimum atomic E-state index is -3.64. The highest BCUT2D eigenvalue weighted by Crippen LogP contribution is 2.20. The Morgan fingerprint density at radius 3 is 2.61 bits per heavy atom. The lowest BCUT2D eigenvalue weighted by Crippen LogP contribution is -2.26. The molecule has 0 aliphatic heterocycles. The van der Waals surface area contributed by atoms with Gasteiger partial charge in [0.15, 0.2) is 5.82 Å². The van der Waals surface area contributed by atoms with Gasteiger partial charge < -0.3 is 10.8 Å². The molecular weight excluding hydrogens is 256 g/mol. The standard InChI is InChI=1S/C10H20N4O3S/c1-7(15)5-4-6-12-18(16,17)9-8(2)14(3)13-10(9)11/h7,12,15H,4-6H2,1-3H3,(H2,11,13). The number of hydrogen-bond acceptors (Lipinski definition) is 5. The zero-order valence-corrected chi connectivity index (χ0v) is 11.7. The molecule has 104 valence electrons. The van der Waals surface area contributed by atoms with Gasteiger partial charge in [-0.3, -0.25) is 4.68 Å². The molecule has 0 saturated heterocycles. The van der Waals surface area contributed by atoms with Crippen LogP contribution < -0.4 is 10.5 Å². The SMILES string of the molecule is Cc1c(S(=O)(=O)NCCCC(C)O)c(N)nn1C. The molecular formula is C10H20N4O3S. The lowest BCUT2D eigenvalue weighted by atomic mass is 10.2. The number of rotatable bonds is 6. The zero-order valence-electron chi connectivity index (χ0n) is 10.8. The quantitative estimate of drug-likeness (QED) is 0.621. The predicted octanol–water partition coefficient (Wildman–Crippen LogP) is -0.250. The van der Waals surface area contributed by atoms with Crippen LogP contribution in [0, 0.1) is 6.92 Å². The summed E-state index contributed by atoms with van der Waals surface area (Å²) in [6, 6.07) is 0. The van der Waals surface area contributed by atoms with E-state index in [1.165, 1.54) is 4.68 Å². The van der Waals surface area contributed by atoms with Gasteiger partial charge in [0.2, 0.25) is 10.0 Å². The third kappa shape index (κ3) is 3.44. The van der Waals surface area contributed by atoms with Crippen molar-refractivity contribution in [1.82, 2.24) is 14.5 Å². The van der Waals surface area contributed by atoms with Gasteiger partial charge in [0.05, 0.1) is 11.8 Å². The maximum Gasteiger partial charge on any atom is 0.246 e. The van der Waals surface area contributed by atoms with Gasteiger partial charge in [-0.1, -0.05) is 0 Å². The average molecular weight is 276 g/mol. The molecule has 1 rings (SSSR count). The third-order valence-corrected chi connectivity index (χ3v) is 4.29. The van der Waals surface area contributed by atoms with Gasteiger partial charge in [-0.25, -0.2) is 13.1 Å². The van der Waals surface area contributed by atoms with Gasteiger partial charge in [-0.05, 0) is 26.7 Å². The molecule has 0 amide bonds. The molecule has 0 aliphatic rings. The van der Waals surface area contributed by atoms with Crippen molar-refractivity contribution in [2.24, 2.45) is 7.05 Å². The number of nitrogens with one attached hydrogen (secondary N) is 1. The van der Waals surface area contributed by atoms with Gasteiger partial charge in [-0.2, -0.15) is 5.10 Å². The topological polar surface area (TPSA) is 110 Å². The monoisotopic (exact) mass is 276 g/mol. The second-order valence-electron chi connectivity index (χ2n) is 4.31. The first-order valence-electron chi connectivity index (χ1n) is 5.72. The highest BCUT2D eigenvalue weighted by atomic mass is 32.2. The summed E-state index contributed by atoms with van der Waals surface area (Å²) in [6.07, 6.45) is 0.680. The summed E-state index contributed by atoms with van der Waals surface area (Å²) in [5.74, 6) is -0.00183. The second-order valence-corrected chi connectivity index (χ2v) is 6.02. The Kier molecular flexibility index (Phi) is 4.71. The lowest BCUT2D eigenvalue weighted by molar-refractivity contribution is 0.182. The number of anilines is 1. The van der Waals surface area contributed by atoms with Crippen LogP contribution in [0.15, 0.2) is 4.90 Å². The van der Waals surface area contributed by atoms with Crippen LogP contribution in [-0.4, -0.2) is 36.0 Å². The fraction of sp³-hybridized carbons (Fsp3) is 0.700. The largest absolute Gasteiger partial charge is 0.393 e. The van der Waals surface area contributed by atoms with E-state index in [9.17, 15) is 8.42 Å². The Bertz CT molecular complexity index is 507. The molecule has 0 radical (unpaired) electrons. The Hall–Kier alpha value is -1.12. The van der Waals surface area contributed by atoms with Crippen molar-refractivity contribution in [2.45, 2.75) is 37.7 Å². The minimum Gasteiger partial charge on any atom is -0.393 e. The second kappa shape index (κ2) is 5.68. The van der Waals surface area contributed by atoms with Crippen molar-refractivity contribution in [3.05, 3.63) is 5.69 Å². The van der Waals surface area contributed by atoms with E-state index in [0.717, 1.165) is 0 Å². The van der Waals surface area contributed by atoms with Crippen molar-refractivity contribution >= 4 is 15.8 Å². The smallest absolute Gasteiger partial charge is 0.246 e. The Labute approximate surface area is 107 Å². The molecule has 1 heterocycles. The van der Waals surface area contributed by atoms with Gasteiger partial charge in [-0.15, -0.1) is 0 Å². The van der Waals surface area contributed by atoms with E-state index in [-0.39, 0.29) is 17.3 Å². The van der Waals surface area contributed by atoms with Crippen LogP contribution in [0.3, 0.4) is 0 Å². The molecule has 0 bridgehead atoms. The fourth-order valence-corrected chi connectivity index (χ4v) is 3.02. The van der Waals surface area contributed by atoms with Gasteiger partial charge >= 0.3 is 0 Å². The molecule has 1 atom stereocenters. The van der Waals surface area contributed by atoms with Crippen molar-refractivity contribution in [1.29, 1.82) is 0 Å². The molecule has 7 nitrogen and oxygen atoms in total. The van der Waals surface area contributed by atoms with Crippen LogP contribution in [0.2, 0.25) is 0 Å². The van der Waals surface area contributed by atoms with Gasteiger partial charge in [0.1, 0.15) is 4.90 Å². The first kappa shape index (κ1) is 14.9. The summed E-state index contributed by atoms with van der Waals surface area (Å²) < 4.78 is 27.9. The summed E-state index contributed by atoms with van der Waals surface area (Å²) in [7, 11) is -2.00. The number of aromatic nitrogens is 2. The fourth-order valence-electron chi connectivity index (χ4n) is 1.62. The molecule has 18 heavy (non-hydrogen) atoms. The van der Waals surface area contributed by atoms with E-state index in [1.807, 2.05) is 0 Å². The zero-order chi connectivity index (χ0) is 13.9. The highest BCUT2D eigenvalue weighted by Gasteiger charge is 2.23. The Morgan fingerprint density at radius 1 is 1.56 bits per heavy atom. The molecule has 0 aliphatic carbocycles. The summed E-state index contributed by atoms with van der Waals surface area (Å²) >= 11 is 0. The van der Waals surface area contributed by atoms with Crippen LogP contribution in [0.5, 0.6) is 0 Å². The number of aryl methyl sites for hydroxylation is 1. The molecule has 4 N–H and O–H groups in total. The third-order valence-electron chi connectivity index (χ3n) is 2.66. The molecule has 0 fully saturated rings. The molecule has 0 saturated carbocycles. The summed E-state index contributed by atoms with van der Waals surface area (Å²) in [5, 5.41) is 12.9. The van der Waals surface area contributed by atoms with Crippen molar-refractivity contribution in [3.8, 4) is 0 Å². The van der Waals surface area contributed by atoms with Crippen LogP contribution in [-0.2, 0) is 17.1 Å². The molecule has 8 heteroatoms. The molecule has 0 aromatic carbocycles. The maximum atomic E-state index is 12.0. The first-order chi connectivity index (χ1) is 8.25. The minimum absolute atomic E-state index is 0.00183. The molecule has 1 unspecified atom stereocenters.